The molecule has 2 aromatic rings. The molecule has 0 atom stereocenters. The summed E-state index contributed by atoms with van der Waals surface area (Å²) in [7, 11) is 0. The van der Waals surface area contributed by atoms with Gasteiger partial charge in [-0.2, -0.15) is 5.26 Å². The zero-order valence-electron chi connectivity index (χ0n) is 9.35. The van der Waals surface area contributed by atoms with Crippen molar-refractivity contribution in [2.24, 2.45) is 0 Å². The molecule has 80 valence electrons. The number of fused-ring (bicyclic) bond motifs is 1. The SMILES string of the molecule is N#Cc1cc2ccccc2cc1C1=CC=CC1. The molecule has 0 unspecified atom stereocenters. The van der Waals surface area contributed by atoms with Gasteiger partial charge < -0.3 is 0 Å². The Morgan fingerprint density at radius 3 is 2.47 bits per heavy atom. The van der Waals surface area contributed by atoms with Crippen LogP contribution in [-0.2, 0) is 0 Å². The molecule has 1 aliphatic carbocycles. The molecular formula is C16H11N. The van der Waals surface area contributed by atoms with Gasteiger partial charge in [-0.1, -0.05) is 42.5 Å². The number of allylic oxidation sites excluding steroid dienone is 4. The highest BCUT2D eigenvalue weighted by atomic mass is 14.3. The van der Waals surface area contributed by atoms with Gasteiger partial charge in [0.05, 0.1) is 11.6 Å². The first-order valence-corrected chi connectivity index (χ1v) is 5.67. The van der Waals surface area contributed by atoms with Crippen LogP contribution >= 0.6 is 0 Å². The minimum Gasteiger partial charge on any atom is -0.192 e. The fourth-order valence-electron chi connectivity index (χ4n) is 2.25. The van der Waals surface area contributed by atoms with E-state index in [0.717, 1.165) is 22.9 Å². The molecule has 0 spiro atoms. The second-order valence-electron chi connectivity index (χ2n) is 4.18. The summed E-state index contributed by atoms with van der Waals surface area (Å²) in [6, 6.07) is 14.5. The van der Waals surface area contributed by atoms with Crippen molar-refractivity contribution in [1.29, 1.82) is 5.26 Å². The third kappa shape index (κ3) is 1.64. The van der Waals surface area contributed by atoms with Crippen LogP contribution in [0.1, 0.15) is 17.5 Å². The predicted molar refractivity (Wildman–Crippen MR) is 70.4 cm³/mol. The van der Waals surface area contributed by atoms with Gasteiger partial charge in [0.2, 0.25) is 0 Å². The Morgan fingerprint density at radius 2 is 1.82 bits per heavy atom. The van der Waals surface area contributed by atoms with E-state index in [-0.39, 0.29) is 0 Å². The van der Waals surface area contributed by atoms with E-state index in [1.54, 1.807) is 0 Å². The van der Waals surface area contributed by atoms with E-state index in [2.05, 4.69) is 30.4 Å². The van der Waals surface area contributed by atoms with Gasteiger partial charge in [-0.15, -0.1) is 0 Å². The quantitative estimate of drug-likeness (QED) is 0.706. The summed E-state index contributed by atoms with van der Waals surface area (Å²) >= 11 is 0. The van der Waals surface area contributed by atoms with Crippen LogP contribution in [-0.4, -0.2) is 0 Å². The van der Waals surface area contributed by atoms with E-state index < -0.39 is 0 Å². The lowest BCUT2D eigenvalue weighted by Gasteiger charge is -2.07. The molecule has 2 aromatic carbocycles. The van der Waals surface area contributed by atoms with Gasteiger partial charge >= 0.3 is 0 Å². The molecule has 0 aliphatic heterocycles. The van der Waals surface area contributed by atoms with Gasteiger partial charge in [0, 0.05) is 0 Å². The average molecular weight is 217 g/mol. The Hall–Kier alpha value is -2.33. The third-order valence-corrected chi connectivity index (χ3v) is 3.12. The van der Waals surface area contributed by atoms with Crippen LogP contribution in [0.5, 0.6) is 0 Å². The van der Waals surface area contributed by atoms with Gasteiger partial charge in [-0.3, -0.25) is 0 Å². The number of hydrogen-bond donors (Lipinski definition) is 0. The van der Waals surface area contributed by atoms with E-state index >= 15 is 0 Å². The molecule has 0 amide bonds. The van der Waals surface area contributed by atoms with Crippen molar-refractivity contribution in [2.75, 3.05) is 0 Å². The fraction of sp³-hybridized carbons (Fsp3) is 0.0625. The number of nitriles is 1. The van der Waals surface area contributed by atoms with Gasteiger partial charge in [0.1, 0.15) is 0 Å². The molecule has 17 heavy (non-hydrogen) atoms. The van der Waals surface area contributed by atoms with E-state index in [0.29, 0.717) is 0 Å². The standard InChI is InChI=1S/C16H11N/c17-11-15-9-13-7-3-4-8-14(13)10-16(15)12-5-1-2-6-12/h1-5,7-10H,6H2. The molecule has 0 radical (unpaired) electrons. The van der Waals surface area contributed by atoms with E-state index in [4.69, 9.17) is 0 Å². The number of rotatable bonds is 1. The molecule has 0 heterocycles. The topological polar surface area (TPSA) is 23.8 Å². The first kappa shape index (κ1) is 9.86. The minimum absolute atomic E-state index is 0.763. The molecule has 0 saturated carbocycles. The normalized spacial score (nSPS) is 13.7. The van der Waals surface area contributed by atoms with Crippen LogP contribution in [0.3, 0.4) is 0 Å². The van der Waals surface area contributed by atoms with Gasteiger partial charge in [-0.25, -0.2) is 0 Å². The van der Waals surface area contributed by atoms with Crippen molar-refractivity contribution < 1.29 is 0 Å². The van der Waals surface area contributed by atoms with E-state index in [9.17, 15) is 5.26 Å². The smallest absolute Gasteiger partial charge is 0.0998 e. The molecule has 0 saturated heterocycles. The Labute approximate surface area is 100 Å². The lowest BCUT2D eigenvalue weighted by atomic mass is 9.95. The van der Waals surface area contributed by atoms with Crippen LogP contribution in [0.15, 0.2) is 54.6 Å². The Kier molecular flexibility index (Phi) is 2.27. The number of benzene rings is 2. The molecule has 0 aromatic heterocycles. The van der Waals surface area contributed by atoms with Crippen LogP contribution < -0.4 is 0 Å². The minimum atomic E-state index is 0.763. The van der Waals surface area contributed by atoms with Crippen LogP contribution in [0, 0.1) is 11.3 Å². The van der Waals surface area contributed by atoms with Crippen molar-refractivity contribution in [3.8, 4) is 6.07 Å². The lowest BCUT2D eigenvalue weighted by molar-refractivity contribution is 1.41. The molecule has 1 nitrogen and oxygen atoms in total. The van der Waals surface area contributed by atoms with Crippen LogP contribution in [0.2, 0.25) is 0 Å². The maximum Gasteiger partial charge on any atom is 0.0998 e. The third-order valence-electron chi connectivity index (χ3n) is 3.12. The summed E-state index contributed by atoms with van der Waals surface area (Å²) in [5.74, 6) is 0. The van der Waals surface area contributed by atoms with Crippen molar-refractivity contribution >= 4 is 16.3 Å². The monoisotopic (exact) mass is 217 g/mol. The van der Waals surface area contributed by atoms with Crippen LogP contribution in [0.4, 0.5) is 0 Å². The zero-order chi connectivity index (χ0) is 11.7. The Balaban J connectivity index is 2.26. The first-order chi connectivity index (χ1) is 8.38. The van der Waals surface area contributed by atoms with Gasteiger partial charge in [-0.05, 0) is 40.5 Å². The number of hydrogen-bond acceptors (Lipinski definition) is 1. The van der Waals surface area contributed by atoms with Gasteiger partial charge in [0.25, 0.3) is 0 Å². The number of nitrogens with zero attached hydrogens (tertiary/aromatic N) is 1. The summed E-state index contributed by atoms with van der Waals surface area (Å²) < 4.78 is 0. The maximum atomic E-state index is 9.24. The molecule has 3 rings (SSSR count). The van der Waals surface area contributed by atoms with Crippen molar-refractivity contribution in [1.82, 2.24) is 0 Å². The Morgan fingerprint density at radius 1 is 1.06 bits per heavy atom. The second kappa shape index (κ2) is 3.92. The van der Waals surface area contributed by atoms with E-state index in [1.165, 1.54) is 11.0 Å². The molecule has 1 aliphatic rings. The van der Waals surface area contributed by atoms with Crippen LogP contribution in [0.25, 0.3) is 16.3 Å². The highest BCUT2D eigenvalue weighted by molar-refractivity contribution is 5.89. The Bertz CT molecular complexity index is 684. The molecule has 0 bridgehead atoms. The summed E-state index contributed by atoms with van der Waals surface area (Å²) in [6.45, 7) is 0. The maximum absolute atomic E-state index is 9.24. The summed E-state index contributed by atoms with van der Waals surface area (Å²) in [6.07, 6.45) is 7.18. The fourth-order valence-corrected chi connectivity index (χ4v) is 2.25. The highest BCUT2D eigenvalue weighted by Crippen LogP contribution is 2.29. The first-order valence-electron chi connectivity index (χ1n) is 5.67. The highest BCUT2D eigenvalue weighted by Gasteiger charge is 2.09. The summed E-state index contributed by atoms with van der Waals surface area (Å²) in [4.78, 5) is 0. The van der Waals surface area contributed by atoms with Crippen molar-refractivity contribution in [3.63, 3.8) is 0 Å². The second-order valence-corrected chi connectivity index (χ2v) is 4.18. The zero-order valence-corrected chi connectivity index (χ0v) is 9.35. The summed E-state index contributed by atoms with van der Waals surface area (Å²) in [5.41, 5.74) is 3.06. The van der Waals surface area contributed by atoms with Gasteiger partial charge in [0.15, 0.2) is 0 Å². The molecule has 1 heteroatoms. The van der Waals surface area contributed by atoms with Crippen molar-refractivity contribution in [2.45, 2.75) is 6.42 Å². The lowest BCUT2D eigenvalue weighted by Crippen LogP contribution is -1.88. The molecular weight excluding hydrogens is 206 g/mol. The molecule has 0 N–H and O–H groups in total. The van der Waals surface area contributed by atoms with E-state index in [1.807, 2.05) is 30.3 Å². The summed E-state index contributed by atoms with van der Waals surface area (Å²) in [5, 5.41) is 11.6. The molecule has 0 fully saturated rings. The van der Waals surface area contributed by atoms with Crippen molar-refractivity contribution in [3.05, 3.63) is 65.8 Å². The predicted octanol–water partition coefficient (Wildman–Crippen LogP) is 4.05. The average Bonchev–Trinajstić information content (AvgIpc) is 2.91. The largest absolute Gasteiger partial charge is 0.192 e.